The van der Waals surface area contributed by atoms with E-state index in [1.165, 1.54) is 19.3 Å². The summed E-state index contributed by atoms with van der Waals surface area (Å²) in [4.78, 5) is 11.3. The maximum atomic E-state index is 11.3. The third-order valence-electron chi connectivity index (χ3n) is 2.96. The molecule has 16 heavy (non-hydrogen) atoms. The standard InChI is InChI=1S/C11H16BrN3O/c1-2-8(5-7-3-4-7)14-9-6-13-15-11(16)10(9)12/h6-8H,2-5H2,1H3,(H2,14,15,16). The summed E-state index contributed by atoms with van der Waals surface area (Å²) in [5.41, 5.74) is 0.600. The van der Waals surface area contributed by atoms with Crippen LogP contribution in [0.25, 0.3) is 0 Å². The van der Waals surface area contributed by atoms with Crippen molar-refractivity contribution in [2.24, 2.45) is 5.92 Å². The number of nitrogens with zero attached hydrogens (tertiary/aromatic N) is 1. The lowest BCUT2D eigenvalue weighted by Crippen LogP contribution is -2.21. The van der Waals surface area contributed by atoms with Crippen molar-refractivity contribution in [1.29, 1.82) is 0 Å². The highest BCUT2D eigenvalue weighted by Gasteiger charge is 2.25. The van der Waals surface area contributed by atoms with Crippen molar-refractivity contribution in [2.75, 3.05) is 5.32 Å². The average Bonchev–Trinajstić information content (AvgIpc) is 3.07. The van der Waals surface area contributed by atoms with E-state index in [4.69, 9.17) is 0 Å². The molecule has 0 radical (unpaired) electrons. The number of H-pyrrole nitrogens is 1. The van der Waals surface area contributed by atoms with Crippen LogP contribution in [-0.4, -0.2) is 16.2 Å². The smallest absolute Gasteiger partial charge is 0.280 e. The van der Waals surface area contributed by atoms with Gasteiger partial charge >= 0.3 is 0 Å². The molecule has 1 fully saturated rings. The van der Waals surface area contributed by atoms with Crippen molar-refractivity contribution < 1.29 is 0 Å². The van der Waals surface area contributed by atoms with Gasteiger partial charge in [0.05, 0.1) is 11.9 Å². The zero-order valence-electron chi connectivity index (χ0n) is 9.29. The lowest BCUT2D eigenvalue weighted by Gasteiger charge is -2.18. The molecule has 1 aliphatic carbocycles. The van der Waals surface area contributed by atoms with Crippen molar-refractivity contribution in [3.8, 4) is 0 Å². The van der Waals surface area contributed by atoms with Crippen LogP contribution in [0.15, 0.2) is 15.5 Å². The molecule has 0 amide bonds. The lowest BCUT2D eigenvalue weighted by atomic mass is 10.1. The summed E-state index contributed by atoms with van der Waals surface area (Å²) in [6.45, 7) is 2.16. The quantitative estimate of drug-likeness (QED) is 0.874. The molecule has 5 heteroatoms. The lowest BCUT2D eigenvalue weighted by molar-refractivity contribution is 0.586. The molecule has 2 N–H and O–H groups in total. The average molecular weight is 286 g/mol. The molecule has 1 aromatic heterocycles. The van der Waals surface area contributed by atoms with E-state index >= 15 is 0 Å². The second-order valence-electron chi connectivity index (χ2n) is 4.36. The summed E-state index contributed by atoms with van der Waals surface area (Å²) in [7, 11) is 0. The maximum Gasteiger partial charge on any atom is 0.280 e. The minimum atomic E-state index is -0.189. The predicted octanol–water partition coefficient (Wildman–Crippen LogP) is 2.52. The van der Waals surface area contributed by atoms with Crippen LogP contribution in [-0.2, 0) is 0 Å². The van der Waals surface area contributed by atoms with Crippen molar-refractivity contribution >= 4 is 21.6 Å². The molecule has 0 spiro atoms. The van der Waals surface area contributed by atoms with Gasteiger partial charge in [-0.2, -0.15) is 5.10 Å². The Bertz CT molecular complexity index is 414. The normalized spacial score (nSPS) is 17.1. The molecule has 0 aromatic carbocycles. The highest BCUT2D eigenvalue weighted by atomic mass is 79.9. The summed E-state index contributed by atoms with van der Waals surface area (Å²) in [5, 5.41) is 9.57. The molecular weight excluding hydrogens is 270 g/mol. The predicted molar refractivity (Wildman–Crippen MR) is 67.6 cm³/mol. The molecule has 1 heterocycles. The van der Waals surface area contributed by atoms with Crippen molar-refractivity contribution in [3.63, 3.8) is 0 Å². The van der Waals surface area contributed by atoms with Gasteiger partial charge in [0.15, 0.2) is 0 Å². The number of aromatic nitrogens is 2. The fraction of sp³-hybridized carbons (Fsp3) is 0.636. The molecule has 2 rings (SSSR count). The molecule has 0 saturated heterocycles. The number of hydrogen-bond acceptors (Lipinski definition) is 3. The van der Waals surface area contributed by atoms with Gasteiger partial charge in [0.1, 0.15) is 4.47 Å². The van der Waals surface area contributed by atoms with Gasteiger partial charge < -0.3 is 5.32 Å². The Labute approximate surface area is 103 Å². The number of anilines is 1. The highest BCUT2D eigenvalue weighted by Crippen LogP contribution is 2.35. The van der Waals surface area contributed by atoms with Gasteiger partial charge in [-0.25, -0.2) is 5.10 Å². The van der Waals surface area contributed by atoms with Gasteiger partial charge in [-0.3, -0.25) is 4.79 Å². The molecule has 4 nitrogen and oxygen atoms in total. The topological polar surface area (TPSA) is 57.8 Å². The van der Waals surface area contributed by atoms with E-state index in [2.05, 4.69) is 38.4 Å². The first kappa shape index (κ1) is 11.6. The van der Waals surface area contributed by atoms with Crippen LogP contribution < -0.4 is 10.9 Å². The minimum absolute atomic E-state index is 0.189. The van der Waals surface area contributed by atoms with Gasteiger partial charge in [-0.15, -0.1) is 0 Å². The molecule has 88 valence electrons. The van der Waals surface area contributed by atoms with Crippen molar-refractivity contribution in [2.45, 2.75) is 38.6 Å². The second kappa shape index (κ2) is 4.99. The molecule has 1 atom stereocenters. The van der Waals surface area contributed by atoms with E-state index in [1.54, 1.807) is 6.20 Å². The highest BCUT2D eigenvalue weighted by molar-refractivity contribution is 9.10. The second-order valence-corrected chi connectivity index (χ2v) is 5.15. The molecule has 1 aromatic rings. The van der Waals surface area contributed by atoms with E-state index in [1.807, 2.05) is 0 Å². The molecule has 0 bridgehead atoms. The van der Waals surface area contributed by atoms with Gasteiger partial charge in [0, 0.05) is 6.04 Å². The fourth-order valence-electron chi connectivity index (χ4n) is 1.79. The summed E-state index contributed by atoms with van der Waals surface area (Å²) >= 11 is 3.27. The first-order valence-corrected chi connectivity index (χ1v) is 6.49. The third-order valence-corrected chi connectivity index (χ3v) is 3.75. The summed E-state index contributed by atoms with van der Waals surface area (Å²) < 4.78 is 0.539. The fourth-order valence-corrected chi connectivity index (χ4v) is 2.09. The van der Waals surface area contributed by atoms with E-state index in [0.29, 0.717) is 10.5 Å². The van der Waals surface area contributed by atoms with Gasteiger partial charge in [-0.1, -0.05) is 19.8 Å². The zero-order valence-corrected chi connectivity index (χ0v) is 10.9. The van der Waals surface area contributed by atoms with E-state index in [9.17, 15) is 4.79 Å². The van der Waals surface area contributed by atoms with Crippen molar-refractivity contribution in [1.82, 2.24) is 10.2 Å². The number of halogens is 1. The summed E-state index contributed by atoms with van der Waals surface area (Å²) in [5.74, 6) is 0.881. The third kappa shape index (κ3) is 2.84. The number of hydrogen-bond donors (Lipinski definition) is 2. The van der Waals surface area contributed by atoms with E-state index < -0.39 is 0 Å². The zero-order chi connectivity index (χ0) is 11.5. The van der Waals surface area contributed by atoms with Gasteiger partial charge in [-0.05, 0) is 34.7 Å². The van der Waals surface area contributed by atoms with E-state index in [-0.39, 0.29) is 5.56 Å². The number of rotatable bonds is 5. The van der Waals surface area contributed by atoms with Crippen LogP contribution >= 0.6 is 15.9 Å². The Kier molecular flexibility index (Phi) is 3.63. The first-order valence-electron chi connectivity index (χ1n) is 5.70. The van der Waals surface area contributed by atoms with Crippen molar-refractivity contribution in [3.05, 3.63) is 21.0 Å². The largest absolute Gasteiger partial charge is 0.380 e. The Balaban J connectivity index is 2.05. The van der Waals surface area contributed by atoms with Crippen LogP contribution in [0.1, 0.15) is 32.6 Å². The maximum absolute atomic E-state index is 11.3. The van der Waals surface area contributed by atoms with Gasteiger partial charge in [0.25, 0.3) is 5.56 Å². The first-order chi connectivity index (χ1) is 7.70. The van der Waals surface area contributed by atoms with E-state index in [0.717, 1.165) is 18.0 Å². The Morgan fingerprint density at radius 3 is 3.06 bits per heavy atom. The van der Waals surface area contributed by atoms with Crippen LogP contribution in [0, 0.1) is 5.92 Å². The minimum Gasteiger partial charge on any atom is -0.380 e. The summed E-state index contributed by atoms with van der Waals surface area (Å²) in [6, 6.07) is 0.437. The number of aromatic amines is 1. The Hall–Kier alpha value is -0.840. The van der Waals surface area contributed by atoms with Crippen LogP contribution in [0.3, 0.4) is 0 Å². The SMILES string of the molecule is CCC(CC1CC1)Nc1cn[nH]c(=O)c1Br. The molecule has 1 aliphatic rings. The van der Waals surface area contributed by atoms with Gasteiger partial charge in [0.2, 0.25) is 0 Å². The Morgan fingerprint density at radius 1 is 1.69 bits per heavy atom. The molecule has 1 unspecified atom stereocenters. The molecular formula is C11H16BrN3O. The number of nitrogens with one attached hydrogen (secondary N) is 2. The monoisotopic (exact) mass is 285 g/mol. The summed E-state index contributed by atoms with van der Waals surface area (Å²) in [6.07, 6.45) is 6.62. The van der Waals surface area contributed by atoms with Crippen LogP contribution in [0.4, 0.5) is 5.69 Å². The molecule has 1 saturated carbocycles. The van der Waals surface area contributed by atoms with Crippen LogP contribution in [0.2, 0.25) is 0 Å². The Morgan fingerprint density at radius 2 is 2.44 bits per heavy atom. The molecule has 0 aliphatic heterocycles. The van der Waals surface area contributed by atoms with Crippen LogP contribution in [0.5, 0.6) is 0 Å².